The first-order chi connectivity index (χ1) is 19.0. The van der Waals surface area contributed by atoms with Crippen LogP contribution in [0, 0.1) is 23.2 Å². The molecular weight excluding hydrogens is 492 g/mol. The van der Waals surface area contributed by atoms with Gasteiger partial charge in [-0.2, -0.15) is 0 Å². The second-order valence-electron chi connectivity index (χ2n) is 10.7. The number of benzene rings is 2. The van der Waals surface area contributed by atoms with E-state index >= 15 is 0 Å². The molecular formula is C30H28N6O3. The summed E-state index contributed by atoms with van der Waals surface area (Å²) in [5.41, 5.74) is 2.21. The van der Waals surface area contributed by atoms with Gasteiger partial charge in [-0.25, -0.2) is 15.0 Å². The first-order valence-electron chi connectivity index (χ1n) is 13.2. The summed E-state index contributed by atoms with van der Waals surface area (Å²) in [5.74, 6) is 7.02. The Kier molecular flexibility index (Phi) is 5.44. The Morgan fingerprint density at radius 1 is 1.05 bits per heavy atom. The average Bonchev–Trinajstić information content (AvgIpc) is 3.85. The molecule has 2 aromatic carbocycles. The normalized spacial score (nSPS) is 30.2. The number of amides is 1. The number of aliphatic hydroxyl groups is 2. The number of carbonyl (C=O) groups is 1. The molecule has 3 saturated carbocycles. The van der Waals surface area contributed by atoms with Crippen molar-refractivity contribution in [2.24, 2.45) is 11.3 Å². The molecule has 9 nitrogen and oxygen atoms in total. The molecule has 0 spiro atoms. The van der Waals surface area contributed by atoms with E-state index in [1.807, 2.05) is 48.5 Å². The first-order valence-corrected chi connectivity index (χ1v) is 13.2. The molecule has 4 N–H and O–H groups in total. The highest BCUT2D eigenvalue weighted by atomic mass is 16.3. The summed E-state index contributed by atoms with van der Waals surface area (Å²) in [6.45, 7) is 0. The molecule has 4 aromatic rings. The zero-order valence-corrected chi connectivity index (χ0v) is 21.3. The van der Waals surface area contributed by atoms with Crippen molar-refractivity contribution in [2.45, 2.75) is 43.1 Å². The van der Waals surface area contributed by atoms with Crippen LogP contribution in [-0.4, -0.2) is 60.9 Å². The number of rotatable bonds is 5. The number of imidazole rings is 1. The minimum Gasteiger partial charge on any atom is -0.389 e. The van der Waals surface area contributed by atoms with Gasteiger partial charge in [-0.1, -0.05) is 54.5 Å². The SMILES string of the molecule is CNC(=O)[C@]12CC1[C@@H](n1cnc3c(NC4CC4c4ccccc4)nc(C#Cc4ccccc4)nc31)C(O)[C@@H]2O. The maximum Gasteiger partial charge on any atom is 0.229 e. The Hall–Kier alpha value is -4.26. The van der Waals surface area contributed by atoms with Crippen molar-refractivity contribution in [3.05, 3.63) is 83.9 Å². The van der Waals surface area contributed by atoms with Crippen LogP contribution in [0.4, 0.5) is 5.82 Å². The molecule has 4 unspecified atom stereocenters. The van der Waals surface area contributed by atoms with E-state index in [1.165, 1.54) is 5.56 Å². The zero-order valence-electron chi connectivity index (χ0n) is 21.3. The zero-order chi connectivity index (χ0) is 26.7. The van der Waals surface area contributed by atoms with Crippen molar-refractivity contribution in [3.8, 4) is 11.8 Å². The Morgan fingerprint density at radius 3 is 2.54 bits per heavy atom. The highest BCUT2D eigenvalue weighted by Gasteiger charge is 2.75. The molecule has 2 aromatic heterocycles. The van der Waals surface area contributed by atoms with E-state index in [0.717, 1.165) is 12.0 Å². The summed E-state index contributed by atoms with van der Waals surface area (Å²) in [6.07, 6.45) is 0.798. The molecule has 1 amide bonds. The van der Waals surface area contributed by atoms with Gasteiger partial charge in [0.05, 0.1) is 23.9 Å². The van der Waals surface area contributed by atoms with Crippen LogP contribution in [0.1, 0.15) is 41.8 Å². The summed E-state index contributed by atoms with van der Waals surface area (Å²) in [6, 6.07) is 19.7. The number of nitrogens with one attached hydrogen (secondary N) is 2. The molecule has 0 saturated heterocycles. The van der Waals surface area contributed by atoms with Crippen LogP contribution in [0.2, 0.25) is 0 Å². The van der Waals surface area contributed by atoms with Crippen molar-refractivity contribution >= 4 is 22.9 Å². The van der Waals surface area contributed by atoms with E-state index < -0.39 is 23.7 Å². The minimum absolute atomic E-state index is 0.203. The molecule has 7 atom stereocenters. The van der Waals surface area contributed by atoms with Gasteiger partial charge in [0.15, 0.2) is 17.0 Å². The maximum absolute atomic E-state index is 12.7. The topological polar surface area (TPSA) is 125 Å². The fraction of sp³-hybridized carbons (Fsp3) is 0.333. The Labute approximate surface area is 225 Å². The van der Waals surface area contributed by atoms with Crippen molar-refractivity contribution in [1.82, 2.24) is 24.8 Å². The fourth-order valence-corrected chi connectivity index (χ4v) is 6.33. The number of nitrogens with zero attached hydrogens (tertiary/aromatic N) is 4. The smallest absolute Gasteiger partial charge is 0.229 e. The van der Waals surface area contributed by atoms with Crippen LogP contribution in [0.15, 0.2) is 67.0 Å². The molecule has 9 heteroatoms. The van der Waals surface area contributed by atoms with E-state index in [9.17, 15) is 15.0 Å². The molecule has 0 aliphatic heterocycles. The molecule has 3 aliphatic carbocycles. The quantitative estimate of drug-likeness (QED) is 0.298. The third-order valence-electron chi connectivity index (χ3n) is 8.50. The predicted octanol–water partition coefficient (Wildman–Crippen LogP) is 2.22. The molecule has 0 radical (unpaired) electrons. The van der Waals surface area contributed by atoms with Crippen LogP contribution < -0.4 is 10.6 Å². The van der Waals surface area contributed by atoms with Crippen LogP contribution in [0.25, 0.3) is 11.2 Å². The average molecular weight is 521 g/mol. The van der Waals surface area contributed by atoms with Gasteiger partial charge in [-0.3, -0.25) is 4.79 Å². The van der Waals surface area contributed by atoms with Crippen LogP contribution in [0.5, 0.6) is 0 Å². The van der Waals surface area contributed by atoms with Gasteiger partial charge in [0.25, 0.3) is 0 Å². The third kappa shape index (κ3) is 3.79. The van der Waals surface area contributed by atoms with Crippen molar-refractivity contribution in [3.63, 3.8) is 0 Å². The van der Waals surface area contributed by atoms with Crippen molar-refractivity contribution in [1.29, 1.82) is 0 Å². The Balaban J connectivity index is 1.28. The van der Waals surface area contributed by atoms with Gasteiger partial charge in [0, 0.05) is 30.5 Å². The van der Waals surface area contributed by atoms with Crippen molar-refractivity contribution in [2.75, 3.05) is 12.4 Å². The van der Waals surface area contributed by atoms with Gasteiger partial charge in [-0.05, 0) is 36.5 Å². The molecule has 196 valence electrons. The van der Waals surface area contributed by atoms with E-state index in [1.54, 1.807) is 17.9 Å². The van der Waals surface area contributed by atoms with E-state index in [-0.39, 0.29) is 17.9 Å². The molecule has 7 rings (SSSR count). The van der Waals surface area contributed by atoms with Crippen LogP contribution in [-0.2, 0) is 4.79 Å². The summed E-state index contributed by atoms with van der Waals surface area (Å²) in [5, 5.41) is 28.1. The van der Waals surface area contributed by atoms with E-state index in [2.05, 4.69) is 39.6 Å². The standard InChI is InChI=1S/C30H28N6O3/c1-31-29(39)30-15-20(30)24(25(37)26(30)38)36-16-32-23-27(33-21-14-19(21)18-10-6-3-7-11-18)34-22(35-28(23)36)13-12-17-8-4-2-5-9-17/h2-11,16,19-21,24-26,37-38H,14-15H2,1H3,(H,31,39)(H,33,34,35)/t19?,20?,21?,24-,25?,26+,30-/m1/s1. The lowest BCUT2D eigenvalue weighted by molar-refractivity contribution is -0.132. The van der Waals surface area contributed by atoms with Crippen LogP contribution in [0.3, 0.4) is 0 Å². The second-order valence-corrected chi connectivity index (χ2v) is 10.7. The number of hydrogen-bond acceptors (Lipinski definition) is 7. The molecule has 3 aliphatic rings. The number of anilines is 1. The maximum atomic E-state index is 12.7. The number of hydrogen-bond donors (Lipinski definition) is 4. The summed E-state index contributed by atoms with van der Waals surface area (Å²) in [4.78, 5) is 26.8. The first kappa shape index (κ1) is 23.8. The highest BCUT2D eigenvalue weighted by Crippen LogP contribution is 2.67. The molecule has 39 heavy (non-hydrogen) atoms. The Bertz CT molecular complexity index is 1630. The second kappa shape index (κ2) is 8.90. The van der Waals surface area contributed by atoms with Crippen molar-refractivity contribution < 1.29 is 15.0 Å². The summed E-state index contributed by atoms with van der Waals surface area (Å²) < 4.78 is 1.79. The lowest BCUT2D eigenvalue weighted by atomic mass is 9.98. The van der Waals surface area contributed by atoms with Crippen LogP contribution >= 0.6 is 0 Å². The van der Waals surface area contributed by atoms with Gasteiger partial charge in [-0.15, -0.1) is 0 Å². The van der Waals surface area contributed by atoms with Gasteiger partial charge < -0.3 is 25.4 Å². The minimum atomic E-state index is -1.17. The summed E-state index contributed by atoms with van der Waals surface area (Å²) in [7, 11) is 1.55. The largest absolute Gasteiger partial charge is 0.389 e. The Morgan fingerprint density at radius 2 is 1.79 bits per heavy atom. The lowest BCUT2D eigenvalue weighted by Gasteiger charge is -2.23. The number of carbonyl (C=O) groups excluding carboxylic acids is 1. The molecule has 2 heterocycles. The van der Waals surface area contributed by atoms with Gasteiger partial charge >= 0.3 is 0 Å². The fourth-order valence-electron chi connectivity index (χ4n) is 6.33. The van der Waals surface area contributed by atoms with E-state index in [4.69, 9.17) is 9.97 Å². The highest BCUT2D eigenvalue weighted by molar-refractivity contribution is 5.88. The van der Waals surface area contributed by atoms with Gasteiger partial charge in [0.1, 0.15) is 6.10 Å². The molecule has 0 bridgehead atoms. The van der Waals surface area contributed by atoms with Gasteiger partial charge in [0.2, 0.25) is 11.7 Å². The lowest BCUT2D eigenvalue weighted by Crippen LogP contribution is -2.41. The van der Waals surface area contributed by atoms with E-state index in [0.29, 0.717) is 35.1 Å². The number of aromatic nitrogens is 4. The number of aliphatic hydroxyl groups excluding tert-OH is 2. The summed E-state index contributed by atoms with van der Waals surface area (Å²) >= 11 is 0. The predicted molar refractivity (Wildman–Crippen MR) is 145 cm³/mol. The monoisotopic (exact) mass is 520 g/mol. The molecule has 3 fully saturated rings. The third-order valence-corrected chi connectivity index (χ3v) is 8.50. The number of fused-ring (bicyclic) bond motifs is 2.